The first kappa shape index (κ1) is 13.5. The van der Waals surface area contributed by atoms with Crippen LogP contribution in [0.5, 0.6) is 0 Å². The summed E-state index contributed by atoms with van der Waals surface area (Å²) in [6, 6.07) is 5.10. The van der Waals surface area contributed by atoms with Crippen LogP contribution >= 0.6 is 34.7 Å². The summed E-state index contributed by atoms with van der Waals surface area (Å²) in [5.74, 6) is -0.0222. The maximum Gasteiger partial charge on any atom is 0.180 e. The Morgan fingerprint density at radius 3 is 2.89 bits per heavy atom. The van der Waals surface area contributed by atoms with Gasteiger partial charge in [-0.3, -0.25) is 4.79 Å². The molecule has 0 unspecified atom stereocenters. The van der Waals surface area contributed by atoms with Gasteiger partial charge in [-0.05, 0) is 41.7 Å². The zero-order valence-electron chi connectivity index (χ0n) is 9.61. The van der Waals surface area contributed by atoms with E-state index in [0.29, 0.717) is 21.3 Å². The smallest absolute Gasteiger partial charge is 0.180 e. The maximum atomic E-state index is 12.1. The Balaban J connectivity index is 2.24. The summed E-state index contributed by atoms with van der Waals surface area (Å²) in [5.41, 5.74) is 1.47. The molecule has 2 rings (SSSR count). The van der Waals surface area contributed by atoms with Crippen molar-refractivity contribution in [2.45, 2.75) is 19.8 Å². The lowest BCUT2D eigenvalue weighted by Crippen LogP contribution is -2.05. The molecule has 0 radical (unpaired) electrons. The number of hydrogen-bond acceptors (Lipinski definition) is 4. The Morgan fingerprint density at radius 1 is 1.39 bits per heavy atom. The van der Waals surface area contributed by atoms with Crippen molar-refractivity contribution in [1.82, 2.24) is 9.59 Å². The number of ketones is 1. The second kappa shape index (κ2) is 5.78. The molecule has 0 aliphatic heterocycles. The molecule has 94 valence electrons. The highest BCUT2D eigenvalue weighted by Crippen LogP contribution is 2.23. The van der Waals surface area contributed by atoms with E-state index >= 15 is 0 Å². The number of carbonyl (C=O) groups excluding carboxylic acids is 1. The van der Waals surface area contributed by atoms with Gasteiger partial charge in [0.2, 0.25) is 0 Å². The molecule has 2 aromatic rings. The predicted molar refractivity (Wildman–Crippen MR) is 73.8 cm³/mol. The van der Waals surface area contributed by atoms with Gasteiger partial charge in [0.15, 0.2) is 5.78 Å². The molecule has 0 aliphatic carbocycles. The topological polar surface area (TPSA) is 42.9 Å². The largest absolute Gasteiger partial charge is 0.293 e. The standard InChI is InChI=1S/C12H10Cl2N2OS/c1-2-10-12(18-16-15-10)11(17)6-7-5-8(13)3-4-9(7)14/h3-5H,2,6H2,1H3. The van der Waals surface area contributed by atoms with Gasteiger partial charge in [-0.2, -0.15) is 0 Å². The molecule has 0 fully saturated rings. The Kier molecular flexibility index (Phi) is 4.32. The molecule has 0 amide bonds. The molecule has 18 heavy (non-hydrogen) atoms. The van der Waals surface area contributed by atoms with Gasteiger partial charge >= 0.3 is 0 Å². The Morgan fingerprint density at radius 2 is 2.17 bits per heavy atom. The van der Waals surface area contributed by atoms with Crippen molar-refractivity contribution in [2.24, 2.45) is 0 Å². The van der Waals surface area contributed by atoms with E-state index in [4.69, 9.17) is 23.2 Å². The number of benzene rings is 1. The summed E-state index contributed by atoms with van der Waals surface area (Å²) in [6.07, 6.45) is 0.914. The summed E-state index contributed by atoms with van der Waals surface area (Å²) in [4.78, 5) is 12.8. The van der Waals surface area contributed by atoms with E-state index in [2.05, 4.69) is 9.59 Å². The lowest BCUT2D eigenvalue weighted by molar-refractivity contribution is 0.0996. The van der Waals surface area contributed by atoms with Crippen LogP contribution in [0.1, 0.15) is 27.9 Å². The highest BCUT2D eigenvalue weighted by atomic mass is 35.5. The van der Waals surface area contributed by atoms with Gasteiger partial charge in [0.05, 0.1) is 5.69 Å². The van der Waals surface area contributed by atoms with Crippen LogP contribution in [0.25, 0.3) is 0 Å². The van der Waals surface area contributed by atoms with Crippen molar-refractivity contribution in [3.05, 3.63) is 44.4 Å². The van der Waals surface area contributed by atoms with Gasteiger partial charge in [-0.25, -0.2) is 0 Å². The Labute approximate surface area is 119 Å². The summed E-state index contributed by atoms with van der Waals surface area (Å²) >= 11 is 13.1. The molecule has 0 atom stereocenters. The minimum atomic E-state index is -0.0222. The van der Waals surface area contributed by atoms with Crippen molar-refractivity contribution in [1.29, 1.82) is 0 Å². The lowest BCUT2D eigenvalue weighted by Gasteiger charge is -2.03. The summed E-state index contributed by atoms with van der Waals surface area (Å²) in [5, 5.41) is 5.04. The average molecular weight is 301 g/mol. The molecule has 0 bridgehead atoms. The fraction of sp³-hybridized carbons (Fsp3) is 0.250. The first-order chi connectivity index (χ1) is 8.61. The van der Waals surface area contributed by atoms with Crippen LogP contribution in [0, 0.1) is 0 Å². The molecule has 0 saturated heterocycles. The highest BCUT2D eigenvalue weighted by molar-refractivity contribution is 7.08. The van der Waals surface area contributed by atoms with Crippen molar-refractivity contribution < 1.29 is 4.79 Å². The van der Waals surface area contributed by atoms with E-state index < -0.39 is 0 Å². The van der Waals surface area contributed by atoms with Crippen LogP contribution in [0.4, 0.5) is 0 Å². The van der Waals surface area contributed by atoms with Gasteiger partial charge in [-0.15, -0.1) is 5.10 Å². The number of aryl methyl sites for hydroxylation is 1. The zero-order valence-corrected chi connectivity index (χ0v) is 11.9. The molecule has 0 N–H and O–H groups in total. The van der Waals surface area contributed by atoms with Crippen molar-refractivity contribution in [3.63, 3.8) is 0 Å². The molecular formula is C12H10Cl2N2OS. The van der Waals surface area contributed by atoms with Gasteiger partial charge in [0.25, 0.3) is 0 Å². The van der Waals surface area contributed by atoms with E-state index in [1.807, 2.05) is 6.92 Å². The Hall–Kier alpha value is -0.970. The number of aromatic nitrogens is 2. The second-order valence-corrected chi connectivity index (χ2v) is 5.34. The van der Waals surface area contributed by atoms with Crippen LogP contribution in [-0.4, -0.2) is 15.4 Å². The molecule has 1 aromatic carbocycles. The van der Waals surface area contributed by atoms with E-state index in [1.165, 1.54) is 0 Å². The van der Waals surface area contributed by atoms with E-state index in [9.17, 15) is 4.79 Å². The molecule has 3 nitrogen and oxygen atoms in total. The molecule has 0 saturated carbocycles. The zero-order chi connectivity index (χ0) is 13.1. The van der Waals surface area contributed by atoms with Crippen LogP contribution in [0.15, 0.2) is 18.2 Å². The monoisotopic (exact) mass is 300 g/mol. The summed E-state index contributed by atoms with van der Waals surface area (Å²) in [7, 11) is 0. The summed E-state index contributed by atoms with van der Waals surface area (Å²) < 4.78 is 3.81. The number of halogens is 2. The van der Waals surface area contributed by atoms with Gasteiger partial charge < -0.3 is 0 Å². The van der Waals surface area contributed by atoms with Crippen molar-refractivity contribution >= 4 is 40.5 Å². The second-order valence-electron chi connectivity index (χ2n) is 3.74. The third-order valence-corrected chi connectivity index (χ3v) is 3.92. The molecule has 0 aliphatic rings. The van der Waals surface area contributed by atoms with Gasteiger partial charge in [0, 0.05) is 16.5 Å². The molecule has 6 heteroatoms. The third-order valence-electron chi connectivity index (χ3n) is 2.50. The SMILES string of the molecule is CCc1nnsc1C(=O)Cc1cc(Cl)ccc1Cl. The fourth-order valence-corrected chi connectivity index (χ4v) is 2.65. The van der Waals surface area contributed by atoms with Crippen LogP contribution in [-0.2, 0) is 12.8 Å². The Bertz CT molecular complexity index is 583. The normalized spacial score (nSPS) is 10.6. The number of rotatable bonds is 4. The van der Waals surface area contributed by atoms with E-state index in [0.717, 1.165) is 22.8 Å². The lowest BCUT2D eigenvalue weighted by atomic mass is 10.1. The van der Waals surface area contributed by atoms with Crippen molar-refractivity contribution in [2.75, 3.05) is 0 Å². The predicted octanol–water partition coefficient (Wildman–Crippen LogP) is 3.83. The molecule has 1 heterocycles. The number of Topliss-reactive ketones (excluding diaryl/α,β-unsaturated/α-hetero) is 1. The molecule has 0 spiro atoms. The quantitative estimate of drug-likeness (QED) is 0.806. The minimum absolute atomic E-state index is 0.0222. The average Bonchev–Trinajstić information content (AvgIpc) is 2.82. The van der Waals surface area contributed by atoms with E-state index in [-0.39, 0.29) is 12.2 Å². The molecule has 1 aromatic heterocycles. The van der Waals surface area contributed by atoms with Crippen molar-refractivity contribution in [3.8, 4) is 0 Å². The van der Waals surface area contributed by atoms with Gasteiger partial charge in [-0.1, -0.05) is 34.6 Å². The minimum Gasteiger partial charge on any atom is -0.293 e. The highest BCUT2D eigenvalue weighted by Gasteiger charge is 2.16. The van der Waals surface area contributed by atoms with Gasteiger partial charge in [0.1, 0.15) is 4.88 Å². The number of nitrogens with zero attached hydrogens (tertiary/aromatic N) is 2. The molecular weight excluding hydrogens is 291 g/mol. The number of carbonyl (C=O) groups is 1. The van der Waals surface area contributed by atoms with E-state index in [1.54, 1.807) is 18.2 Å². The first-order valence-electron chi connectivity index (χ1n) is 5.40. The van der Waals surface area contributed by atoms with Crippen LogP contribution in [0.3, 0.4) is 0 Å². The summed E-state index contributed by atoms with van der Waals surface area (Å²) in [6.45, 7) is 1.94. The van der Waals surface area contributed by atoms with Crippen LogP contribution < -0.4 is 0 Å². The third kappa shape index (κ3) is 2.88. The maximum absolute atomic E-state index is 12.1. The first-order valence-corrected chi connectivity index (χ1v) is 6.93. The fourth-order valence-electron chi connectivity index (χ4n) is 1.58. The van der Waals surface area contributed by atoms with Crippen LogP contribution in [0.2, 0.25) is 10.0 Å². The number of hydrogen-bond donors (Lipinski definition) is 0.